The van der Waals surface area contributed by atoms with E-state index in [1.807, 2.05) is 6.92 Å². The molecular weight excluding hydrogens is 108 g/mol. The van der Waals surface area contributed by atoms with Crippen LogP contribution in [0.15, 0.2) is 0 Å². The highest BCUT2D eigenvalue weighted by Crippen LogP contribution is 1.82. The van der Waals surface area contributed by atoms with Gasteiger partial charge >= 0.3 is 0 Å². The van der Waals surface area contributed by atoms with Crippen molar-refractivity contribution in [1.29, 1.82) is 0 Å². The van der Waals surface area contributed by atoms with Crippen LogP contribution in [0.5, 0.6) is 0 Å². The second kappa shape index (κ2) is 9.99. The lowest BCUT2D eigenvalue weighted by Gasteiger charge is -2.03. The Labute approximate surface area is 50.2 Å². The molecule has 0 rings (SSSR count). The quantitative estimate of drug-likeness (QED) is 0.533. The van der Waals surface area contributed by atoms with E-state index in [1.165, 1.54) is 0 Å². The van der Waals surface area contributed by atoms with Crippen LogP contribution < -0.4 is 0 Å². The summed E-state index contributed by atoms with van der Waals surface area (Å²) in [6, 6.07) is 0. The Kier molecular flexibility index (Phi) is 13.5. The molecule has 8 heavy (non-hydrogen) atoms. The lowest BCUT2D eigenvalue weighted by atomic mass is 10.8. The van der Waals surface area contributed by atoms with Crippen LogP contribution in [0.25, 0.3) is 0 Å². The summed E-state index contributed by atoms with van der Waals surface area (Å²) in [5.41, 5.74) is 0. The molecule has 0 amide bonds. The minimum Gasteiger partial charge on any atom is -0.400 e. The SMILES string of the molecule is CO.COC(C)OC. The molecule has 52 valence electrons. The molecule has 0 aromatic heterocycles. The Hall–Kier alpha value is -0.120. The van der Waals surface area contributed by atoms with Gasteiger partial charge in [-0.1, -0.05) is 0 Å². The molecule has 0 radical (unpaired) electrons. The molecule has 0 heterocycles. The van der Waals surface area contributed by atoms with Gasteiger partial charge in [-0.15, -0.1) is 0 Å². The van der Waals surface area contributed by atoms with Crippen LogP contribution in [0.4, 0.5) is 0 Å². The van der Waals surface area contributed by atoms with E-state index < -0.39 is 0 Å². The van der Waals surface area contributed by atoms with E-state index in [0.717, 1.165) is 7.11 Å². The number of hydrogen-bond acceptors (Lipinski definition) is 3. The van der Waals surface area contributed by atoms with Gasteiger partial charge in [-0.2, -0.15) is 0 Å². The summed E-state index contributed by atoms with van der Waals surface area (Å²) in [6.07, 6.45) is -0.0648. The molecule has 0 aromatic carbocycles. The molecule has 0 fully saturated rings. The van der Waals surface area contributed by atoms with Crippen LogP contribution in [-0.4, -0.2) is 32.7 Å². The minimum atomic E-state index is -0.0648. The summed E-state index contributed by atoms with van der Waals surface area (Å²) >= 11 is 0. The predicted octanol–water partition coefficient (Wildman–Crippen LogP) is 0.234. The van der Waals surface area contributed by atoms with Crippen molar-refractivity contribution in [2.24, 2.45) is 0 Å². The number of aliphatic hydroxyl groups excluding tert-OH is 1. The van der Waals surface area contributed by atoms with E-state index in [9.17, 15) is 0 Å². The highest BCUT2D eigenvalue weighted by atomic mass is 16.7. The summed E-state index contributed by atoms with van der Waals surface area (Å²) in [6.45, 7) is 1.83. The number of aliphatic hydroxyl groups is 1. The zero-order chi connectivity index (χ0) is 6.99. The molecule has 0 aliphatic heterocycles. The van der Waals surface area contributed by atoms with Gasteiger partial charge in [0.05, 0.1) is 0 Å². The molecule has 0 bridgehead atoms. The molecule has 0 saturated carbocycles. The Morgan fingerprint density at radius 3 is 1.38 bits per heavy atom. The standard InChI is InChI=1S/C4H10O2.CH4O/c1-4(5-2)6-3;1-2/h4H,1-3H3;2H,1H3. The van der Waals surface area contributed by atoms with Gasteiger partial charge in [0.15, 0.2) is 6.29 Å². The zero-order valence-corrected chi connectivity index (χ0v) is 5.84. The van der Waals surface area contributed by atoms with Crippen molar-refractivity contribution in [3.63, 3.8) is 0 Å². The Bertz CT molecular complexity index is 26.9. The molecule has 1 N–H and O–H groups in total. The second-order valence-electron chi connectivity index (χ2n) is 1.04. The summed E-state index contributed by atoms with van der Waals surface area (Å²) < 4.78 is 9.35. The van der Waals surface area contributed by atoms with Crippen molar-refractivity contribution in [3.05, 3.63) is 0 Å². The van der Waals surface area contributed by atoms with Gasteiger partial charge in [-0.05, 0) is 6.92 Å². The van der Waals surface area contributed by atoms with E-state index in [2.05, 4.69) is 9.47 Å². The Balaban J connectivity index is 0. The maximum atomic E-state index is 7.00. The van der Waals surface area contributed by atoms with Gasteiger partial charge in [0.1, 0.15) is 0 Å². The summed E-state index contributed by atoms with van der Waals surface area (Å²) in [4.78, 5) is 0. The van der Waals surface area contributed by atoms with E-state index in [0.29, 0.717) is 0 Å². The average Bonchev–Trinajstić information content (AvgIpc) is 1.91. The molecule has 0 unspecified atom stereocenters. The number of hydrogen-bond donors (Lipinski definition) is 1. The monoisotopic (exact) mass is 122 g/mol. The normalized spacial score (nSPS) is 8.25. The fraction of sp³-hybridized carbons (Fsp3) is 1.00. The first kappa shape index (κ1) is 10.8. The Morgan fingerprint density at radius 2 is 1.38 bits per heavy atom. The predicted molar refractivity (Wildman–Crippen MR) is 31.6 cm³/mol. The molecule has 3 nitrogen and oxygen atoms in total. The lowest BCUT2D eigenvalue weighted by Crippen LogP contribution is -2.05. The minimum absolute atomic E-state index is 0.0648. The van der Waals surface area contributed by atoms with Crippen LogP contribution in [-0.2, 0) is 9.47 Å². The largest absolute Gasteiger partial charge is 0.400 e. The van der Waals surface area contributed by atoms with Crippen molar-refractivity contribution < 1.29 is 14.6 Å². The first-order chi connectivity index (χ1) is 3.81. The van der Waals surface area contributed by atoms with E-state index in [1.54, 1.807) is 14.2 Å². The fourth-order valence-electron chi connectivity index (χ4n) is 0.0962. The molecule has 0 aliphatic carbocycles. The molecular formula is C5H14O3. The molecule has 0 spiro atoms. The molecule has 0 aliphatic rings. The first-order valence-electron chi connectivity index (χ1n) is 2.31. The van der Waals surface area contributed by atoms with Crippen LogP contribution in [0.2, 0.25) is 0 Å². The highest BCUT2D eigenvalue weighted by molar-refractivity contribution is 4.17. The summed E-state index contributed by atoms with van der Waals surface area (Å²) in [5.74, 6) is 0. The van der Waals surface area contributed by atoms with Crippen LogP contribution in [0.1, 0.15) is 6.92 Å². The Morgan fingerprint density at radius 1 is 1.12 bits per heavy atom. The highest BCUT2D eigenvalue weighted by Gasteiger charge is 1.87. The lowest BCUT2D eigenvalue weighted by molar-refractivity contribution is -0.0877. The smallest absolute Gasteiger partial charge is 0.154 e. The van der Waals surface area contributed by atoms with Crippen molar-refractivity contribution in [2.45, 2.75) is 13.2 Å². The van der Waals surface area contributed by atoms with Crippen LogP contribution in [0, 0.1) is 0 Å². The first-order valence-corrected chi connectivity index (χ1v) is 2.31. The van der Waals surface area contributed by atoms with Gasteiger partial charge in [-0.3, -0.25) is 0 Å². The van der Waals surface area contributed by atoms with Crippen molar-refractivity contribution in [3.8, 4) is 0 Å². The molecule has 0 saturated heterocycles. The van der Waals surface area contributed by atoms with Crippen molar-refractivity contribution in [2.75, 3.05) is 21.3 Å². The number of methoxy groups -OCH3 is 2. The molecule has 0 atom stereocenters. The summed E-state index contributed by atoms with van der Waals surface area (Å²) in [7, 11) is 4.21. The third-order valence-electron chi connectivity index (χ3n) is 0.664. The van der Waals surface area contributed by atoms with Gasteiger partial charge in [0, 0.05) is 21.3 Å². The van der Waals surface area contributed by atoms with Crippen LogP contribution >= 0.6 is 0 Å². The van der Waals surface area contributed by atoms with Gasteiger partial charge in [0.25, 0.3) is 0 Å². The van der Waals surface area contributed by atoms with Crippen molar-refractivity contribution >= 4 is 0 Å². The van der Waals surface area contributed by atoms with Crippen LogP contribution in [0.3, 0.4) is 0 Å². The average molecular weight is 122 g/mol. The third kappa shape index (κ3) is 9.30. The van der Waals surface area contributed by atoms with E-state index in [4.69, 9.17) is 5.11 Å². The number of rotatable bonds is 2. The topological polar surface area (TPSA) is 38.7 Å². The zero-order valence-electron chi connectivity index (χ0n) is 5.84. The van der Waals surface area contributed by atoms with Crippen molar-refractivity contribution in [1.82, 2.24) is 0 Å². The second-order valence-corrected chi connectivity index (χ2v) is 1.04. The van der Waals surface area contributed by atoms with Gasteiger partial charge in [-0.25, -0.2) is 0 Å². The molecule has 0 aromatic rings. The maximum absolute atomic E-state index is 7.00. The van der Waals surface area contributed by atoms with Gasteiger partial charge in [0.2, 0.25) is 0 Å². The maximum Gasteiger partial charge on any atom is 0.154 e. The number of ether oxygens (including phenoxy) is 2. The van der Waals surface area contributed by atoms with Gasteiger partial charge < -0.3 is 14.6 Å². The van der Waals surface area contributed by atoms with E-state index in [-0.39, 0.29) is 6.29 Å². The third-order valence-corrected chi connectivity index (χ3v) is 0.664. The summed E-state index contributed by atoms with van der Waals surface area (Å²) in [5, 5.41) is 7.00. The molecule has 3 heteroatoms. The van der Waals surface area contributed by atoms with E-state index >= 15 is 0 Å². The fourth-order valence-corrected chi connectivity index (χ4v) is 0.0962.